The molecule has 0 aliphatic carbocycles. The third kappa shape index (κ3) is 4.41. The number of rotatable bonds is 4. The van der Waals surface area contributed by atoms with E-state index in [4.69, 9.17) is 0 Å². The average molecular weight is 370 g/mol. The van der Waals surface area contributed by atoms with Gasteiger partial charge in [0.1, 0.15) is 0 Å². The highest BCUT2D eigenvalue weighted by molar-refractivity contribution is 5.34. The Labute approximate surface area is 161 Å². The Hall–Kier alpha value is -1.73. The molecule has 3 heterocycles. The number of β-amino-alcohol motifs (C(OH)–C–C–N with tert-alkyl or cyclic N) is 1. The molecule has 146 valence electrons. The highest BCUT2D eigenvalue weighted by Crippen LogP contribution is 2.23. The number of benzene rings is 1. The van der Waals surface area contributed by atoms with E-state index < -0.39 is 0 Å². The summed E-state index contributed by atoms with van der Waals surface area (Å²) in [6.45, 7) is 6.36. The van der Waals surface area contributed by atoms with Crippen molar-refractivity contribution in [3.63, 3.8) is 0 Å². The maximum atomic E-state index is 10.7. The number of likely N-dealkylation sites (tertiary alicyclic amines) is 2. The van der Waals surface area contributed by atoms with E-state index in [-0.39, 0.29) is 18.2 Å². The number of aryl methyl sites for hydroxylation is 1. The SMILES string of the molecule is Cc1ccc(-n2cc(CN3CC[C@@H](N4CCC(O)CC4)[C@H](O)C3)cn2)cc1. The van der Waals surface area contributed by atoms with E-state index in [2.05, 4.69) is 52.3 Å². The number of hydrogen-bond donors (Lipinski definition) is 2. The summed E-state index contributed by atoms with van der Waals surface area (Å²) in [6, 6.07) is 8.58. The molecule has 2 saturated heterocycles. The van der Waals surface area contributed by atoms with Crippen LogP contribution in [0.2, 0.25) is 0 Å². The van der Waals surface area contributed by atoms with Gasteiger partial charge in [-0.1, -0.05) is 17.7 Å². The van der Waals surface area contributed by atoms with Crippen LogP contribution in [0, 0.1) is 6.92 Å². The van der Waals surface area contributed by atoms with Crippen molar-refractivity contribution in [1.82, 2.24) is 19.6 Å². The molecule has 2 fully saturated rings. The van der Waals surface area contributed by atoms with E-state index in [9.17, 15) is 10.2 Å². The summed E-state index contributed by atoms with van der Waals surface area (Å²) in [7, 11) is 0. The predicted molar refractivity (Wildman–Crippen MR) is 105 cm³/mol. The molecule has 0 unspecified atom stereocenters. The van der Waals surface area contributed by atoms with Crippen molar-refractivity contribution in [2.24, 2.45) is 0 Å². The average Bonchev–Trinajstić information content (AvgIpc) is 3.12. The van der Waals surface area contributed by atoms with Gasteiger partial charge in [-0.2, -0.15) is 5.10 Å². The lowest BCUT2D eigenvalue weighted by Gasteiger charge is -2.43. The van der Waals surface area contributed by atoms with Gasteiger partial charge in [-0.15, -0.1) is 0 Å². The summed E-state index contributed by atoms with van der Waals surface area (Å²) in [6.07, 6.45) is 6.13. The Balaban J connectivity index is 1.33. The minimum Gasteiger partial charge on any atom is -0.393 e. The maximum absolute atomic E-state index is 10.7. The molecule has 2 aliphatic heterocycles. The number of piperidine rings is 2. The number of hydrogen-bond acceptors (Lipinski definition) is 5. The number of aromatic nitrogens is 2. The van der Waals surface area contributed by atoms with Crippen molar-refractivity contribution in [2.75, 3.05) is 26.2 Å². The van der Waals surface area contributed by atoms with E-state index in [0.29, 0.717) is 6.54 Å². The molecule has 2 aliphatic rings. The van der Waals surface area contributed by atoms with Crippen molar-refractivity contribution in [3.05, 3.63) is 47.8 Å². The lowest BCUT2D eigenvalue weighted by Crippen LogP contribution is -2.55. The maximum Gasteiger partial charge on any atom is 0.0822 e. The second-order valence-corrected chi connectivity index (χ2v) is 8.05. The van der Waals surface area contributed by atoms with E-state index in [1.54, 1.807) is 0 Å². The van der Waals surface area contributed by atoms with Crippen LogP contribution in [0.4, 0.5) is 0 Å². The molecule has 27 heavy (non-hydrogen) atoms. The Bertz CT molecular complexity index is 737. The molecule has 0 radical (unpaired) electrons. The predicted octanol–water partition coefficient (Wildman–Crippen LogP) is 1.57. The summed E-state index contributed by atoms with van der Waals surface area (Å²) in [5.74, 6) is 0. The monoisotopic (exact) mass is 370 g/mol. The number of aliphatic hydroxyl groups excluding tert-OH is 2. The summed E-state index contributed by atoms with van der Waals surface area (Å²) in [4.78, 5) is 4.68. The first-order valence-corrected chi connectivity index (χ1v) is 10.0. The quantitative estimate of drug-likeness (QED) is 0.855. The normalized spacial score (nSPS) is 25.7. The second-order valence-electron chi connectivity index (χ2n) is 8.05. The fraction of sp³-hybridized carbons (Fsp3) is 0.571. The zero-order valence-corrected chi connectivity index (χ0v) is 16.0. The highest BCUT2D eigenvalue weighted by atomic mass is 16.3. The Morgan fingerprint density at radius 2 is 1.78 bits per heavy atom. The smallest absolute Gasteiger partial charge is 0.0822 e. The molecule has 0 saturated carbocycles. The van der Waals surface area contributed by atoms with Crippen LogP contribution < -0.4 is 0 Å². The fourth-order valence-electron chi connectivity index (χ4n) is 4.31. The summed E-state index contributed by atoms with van der Waals surface area (Å²) < 4.78 is 1.91. The summed E-state index contributed by atoms with van der Waals surface area (Å²) in [5, 5.41) is 24.9. The third-order valence-electron chi connectivity index (χ3n) is 5.94. The van der Waals surface area contributed by atoms with Crippen molar-refractivity contribution in [1.29, 1.82) is 0 Å². The molecule has 0 bridgehead atoms. The molecule has 0 spiro atoms. The van der Waals surface area contributed by atoms with E-state index in [0.717, 1.165) is 51.1 Å². The minimum atomic E-state index is -0.332. The molecule has 2 atom stereocenters. The second kappa shape index (κ2) is 8.10. The topological polar surface area (TPSA) is 64.8 Å². The number of aliphatic hydroxyl groups is 2. The van der Waals surface area contributed by atoms with Gasteiger partial charge in [0.2, 0.25) is 0 Å². The first-order chi connectivity index (χ1) is 13.1. The first kappa shape index (κ1) is 18.6. The Morgan fingerprint density at radius 3 is 2.48 bits per heavy atom. The van der Waals surface area contributed by atoms with Crippen LogP contribution in [-0.4, -0.2) is 74.2 Å². The van der Waals surface area contributed by atoms with Gasteiger partial charge in [0.15, 0.2) is 0 Å². The molecule has 6 heteroatoms. The van der Waals surface area contributed by atoms with Gasteiger partial charge in [-0.25, -0.2) is 4.68 Å². The van der Waals surface area contributed by atoms with E-state index in [1.807, 2.05) is 10.9 Å². The lowest BCUT2D eigenvalue weighted by molar-refractivity contribution is -0.0355. The molecule has 4 rings (SSSR count). The summed E-state index contributed by atoms with van der Waals surface area (Å²) >= 11 is 0. The minimum absolute atomic E-state index is 0.163. The fourth-order valence-corrected chi connectivity index (χ4v) is 4.31. The van der Waals surface area contributed by atoms with Crippen LogP contribution >= 0.6 is 0 Å². The third-order valence-corrected chi connectivity index (χ3v) is 5.94. The van der Waals surface area contributed by atoms with Crippen LogP contribution in [0.25, 0.3) is 5.69 Å². The van der Waals surface area contributed by atoms with Crippen LogP contribution in [0.1, 0.15) is 30.4 Å². The highest BCUT2D eigenvalue weighted by Gasteiger charge is 2.33. The largest absolute Gasteiger partial charge is 0.393 e. The van der Waals surface area contributed by atoms with Crippen molar-refractivity contribution in [3.8, 4) is 5.69 Å². The van der Waals surface area contributed by atoms with Gasteiger partial charge in [-0.05, 0) is 38.3 Å². The molecular formula is C21H30N4O2. The molecule has 1 aromatic carbocycles. The Kier molecular flexibility index (Phi) is 5.59. The standard InChI is InChI=1S/C21H30N4O2/c1-16-2-4-18(5-3-16)25-14-17(12-22-25)13-23-9-8-20(21(27)15-23)24-10-6-19(26)7-11-24/h2-5,12,14,19-21,26-27H,6-11,13,15H2,1H3/t20-,21-/m1/s1. The van der Waals surface area contributed by atoms with E-state index >= 15 is 0 Å². The van der Waals surface area contributed by atoms with Crippen LogP contribution in [0.3, 0.4) is 0 Å². The van der Waals surface area contributed by atoms with Gasteiger partial charge >= 0.3 is 0 Å². The van der Waals surface area contributed by atoms with Crippen molar-refractivity contribution in [2.45, 2.75) is 51.0 Å². The number of nitrogens with zero attached hydrogens (tertiary/aromatic N) is 4. The van der Waals surface area contributed by atoms with Crippen LogP contribution in [0.15, 0.2) is 36.7 Å². The zero-order chi connectivity index (χ0) is 18.8. The molecule has 0 amide bonds. The van der Waals surface area contributed by atoms with Gasteiger partial charge < -0.3 is 10.2 Å². The van der Waals surface area contributed by atoms with Crippen molar-refractivity contribution < 1.29 is 10.2 Å². The summed E-state index contributed by atoms with van der Waals surface area (Å²) in [5.41, 5.74) is 3.48. The Morgan fingerprint density at radius 1 is 1.04 bits per heavy atom. The molecule has 1 aromatic heterocycles. The zero-order valence-electron chi connectivity index (χ0n) is 16.0. The molecular weight excluding hydrogens is 340 g/mol. The molecule has 2 N–H and O–H groups in total. The molecule has 6 nitrogen and oxygen atoms in total. The van der Waals surface area contributed by atoms with Crippen LogP contribution in [-0.2, 0) is 6.54 Å². The van der Waals surface area contributed by atoms with Crippen molar-refractivity contribution >= 4 is 0 Å². The van der Waals surface area contributed by atoms with Gasteiger partial charge in [-0.3, -0.25) is 9.80 Å². The van der Waals surface area contributed by atoms with Gasteiger partial charge in [0, 0.05) is 50.5 Å². The van der Waals surface area contributed by atoms with E-state index in [1.165, 1.54) is 11.1 Å². The van der Waals surface area contributed by atoms with Gasteiger partial charge in [0.05, 0.1) is 24.1 Å². The van der Waals surface area contributed by atoms with Crippen LogP contribution in [0.5, 0.6) is 0 Å². The van der Waals surface area contributed by atoms with Gasteiger partial charge in [0.25, 0.3) is 0 Å². The lowest BCUT2D eigenvalue weighted by atomic mass is 9.96. The molecule has 2 aromatic rings. The first-order valence-electron chi connectivity index (χ1n) is 10.0.